The van der Waals surface area contributed by atoms with Gasteiger partial charge in [-0.3, -0.25) is 4.79 Å². The molecule has 5 heteroatoms. The van der Waals surface area contributed by atoms with Crippen molar-refractivity contribution in [2.24, 2.45) is 0 Å². The number of ketones is 1. The number of hydrogen-bond acceptors (Lipinski definition) is 5. The maximum Gasteiger partial charge on any atom is 0.169 e. The first-order valence-electron chi connectivity index (χ1n) is 6.70. The van der Waals surface area contributed by atoms with Gasteiger partial charge in [0.1, 0.15) is 5.75 Å². The SMILES string of the molecule is COc1c(O)cc2cc3c(c(O)c2c1C)C(=O)CC(O)C3. The molecule has 0 fully saturated rings. The Labute approximate surface area is 121 Å². The third-order valence-electron chi connectivity index (χ3n) is 4.01. The highest BCUT2D eigenvalue weighted by molar-refractivity contribution is 6.08. The minimum atomic E-state index is -0.727. The number of ether oxygens (including phenoxy) is 1. The lowest BCUT2D eigenvalue weighted by Gasteiger charge is -2.22. The molecular weight excluding hydrogens is 272 g/mol. The van der Waals surface area contributed by atoms with Crippen molar-refractivity contribution in [1.82, 2.24) is 0 Å². The quantitative estimate of drug-likeness (QED) is 0.747. The highest BCUT2D eigenvalue weighted by Crippen LogP contribution is 2.43. The number of aliphatic hydroxyl groups excluding tert-OH is 1. The summed E-state index contributed by atoms with van der Waals surface area (Å²) in [6.45, 7) is 1.72. The molecule has 0 heterocycles. The number of carbonyl (C=O) groups is 1. The van der Waals surface area contributed by atoms with Crippen molar-refractivity contribution in [2.75, 3.05) is 7.11 Å². The van der Waals surface area contributed by atoms with E-state index in [1.165, 1.54) is 13.2 Å². The van der Waals surface area contributed by atoms with Crippen molar-refractivity contribution >= 4 is 16.6 Å². The highest BCUT2D eigenvalue weighted by Gasteiger charge is 2.29. The van der Waals surface area contributed by atoms with Crippen LogP contribution in [0.5, 0.6) is 17.2 Å². The summed E-state index contributed by atoms with van der Waals surface area (Å²) in [5, 5.41) is 31.3. The maximum atomic E-state index is 12.1. The van der Waals surface area contributed by atoms with Crippen LogP contribution in [0.3, 0.4) is 0 Å². The Bertz CT molecular complexity index is 763. The predicted octanol–water partition coefficient (Wildman–Crippen LogP) is 2.06. The van der Waals surface area contributed by atoms with E-state index in [4.69, 9.17) is 4.74 Å². The number of aromatic hydroxyl groups is 2. The summed E-state index contributed by atoms with van der Waals surface area (Å²) in [6.07, 6.45) is -0.397. The van der Waals surface area contributed by atoms with Crippen LogP contribution in [0.1, 0.15) is 27.9 Å². The van der Waals surface area contributed by atoms with E-state index in [0.29, 0.717) is 28.3 Å². The molecule has 3 N–H and O–H groups in total. The Morgan fingerprint density at radius 2 is 1.95 bits per heavy atom. The second-order valence-corrected chi connectivity index (χ2v) is 5.40. The molecule has 0 amide bonds. The zero-order valence-electron chi connectivity index (χ0n) is 11.8. The maximum absolute atomic E-state index is 12.1. The van der Waals surface area contributed by atoms with E-state index in [-0.39, 0.29) is 35.0 Å². The summed E-state index contributed by atoms with van der Waals surface area (Å²) in [6, 6.07) is 3.23. The average molecular weight is 288 g/mol. The Balaban J connectivity index is 2.40. The van der Waals surface area contributed by atoms with Crippen molar-refractivity contribution in [1.29, 1.82) is 0 Å². The van der Waals surface area contributed by atoms with Crippen LogP contribution in [0.25, 0.3) is 10.8 Å². The zero-order valence-corrected chi connectivity index (χ0v) is 11.8. The Kier molecular flexibility index (Phi) is 3.02. The van der Waals surface area contributed by atoms with E-state index in [1.54, 1.807) is 13.0 Å². The molecule has 2 aromatic rings. The lowest BCUT2D eigenvalue weighted by atomic mass is 9.85. The number of aryl methyl sites for hydroxylation is 1. The molecule has 110 valence electrons. The van der Waals surface area contributed by atoms with Gasteiger partial charge in [0.2, 0.25) is 0 Å². The fourth-order valence-corrected chi connectivity index (χ4v) is 3.14. The van der Waals surface area contributed by atoms with E-state index in [0.717, 1.165) is 0 Å². The molecule has 0 spiro atoms. The summed E-state index contributed by atoms with van der Waals surface area (Å²) in [5.41, 5.74) is 1.45. The largest absolute Gasteiger partial charge is 0.507 e. The van der Waals surface area contributed by atoms with Gasteiger partial charge in [-0.25, -0.2) is 0 Å². The van der Waals surface area contributed by atoms with Gasteiger partial charge in [0.25, 0.3) is 0 Å². The number of methoxy groups -OCH3 is 1. The molecule has 1 aliphatic carbocycles. The fraction of sp³-hybridized carbons (Fsp3) is 0.312. The first-order valence-corrected chi connectivity index (χ1v) is 6.70. The van der Waals surface area contributed by atoms with E-state index in [2.05, 4.69) is 0 Å². The van der Waals surface area contributed by atoms with Crippen molar-refractivity contribution in [3.8, 4) is 17.2 Å². The number of phenols is 2. The van der Waals surface area contributed by atoms with Gasteiger partial charge in [-0.05, 0) is 36.4 Å². The van der Waals surface area contributed by atoms with Crippen molar-refractivity contribution in [3.63, 3.8) is 0 Å². The van der Waals surface area contributed by atoms with Crippen LogP contribution in [0, 0.1) is 6.92 Å². The summed E-state index contributed by atoms with van der Waals surface area (Å²) < 4.78 is 5.14. The Hall–Kier alpha value is -2.27. The Morgan fingerprint density at radius 1 is 1.24 bits per heavy atom. The monoisotopic (exact) mass is 288 g/mol. The molecule has 0 saturated carbocycles. The van der Waals surface area contributed by atoms with Crippen LogP contribution in [0.15, 0.2) is 12.1 Å². The molecule has 1 unspecified atom stereocenters. The second-order valence-electron chi connectivity index (χ2n) is 5.40. The van der Waals surface area contributed by atoms with Gasteiger partial charge in [-0.1, -0.05) is 0 Å². The molecule has 1 atom stereocenters. The van der Waals surface area contributed by atoms with Crippen LogP contribution in [0.4, 0.5) is 0 Å². The van der Waals surface area contributed by atoms with E-state index >= 15 is 0 Å². The molecule has 2 aromatic carbocycles. The summed E-state index contributed by atoms with van der Waals surface area (Å²) >= 11 is 0. The fourth-order valence-electron chi connectivity index (χ4n) is 3.14. The van der Waals surface area contributed by atoms with Gasteiger partial charge in [-0.15, -0.1) is 0 Å². The lowest BCUT2D eigenvalue weighted by Crippen LogP contribution is -2.24. The van der Waals surface area contributed by atoms with Crippen molar-refractivity contribution in [3.05, 3.63) is 28.8 Å². The number of fused-ring (bicyclic) bond motifs is 2. The van der Waals surface area contributed by atoms with Crippen LogP contribution >= 0.6 is 0 Å². The average Bonchev–Trinajstić information content (AvgIpc) is 2.37. The van der Waals surface area contributed by atoms with Gasteiger partial charge >= 0.3 is 0 Å². The molecule has 1 aliphatic rings. The molecule has 5 nitrogen and oxygen atoms in total. The molecule has 0 aliphatic heterocycles. The van der Waals surface area contributed by atoms with E-state index in [9.17, 15) is 20.1 Å². The van der Waals surface area contributed by atoms with Crippen LogP contribution < -0.4 is 4.74 Å². The van der Waals surface area contributed by atoms with Crippen LogP contribution in [-0.2, 0) is 6.42 Å². The van der Waals surface area contributed by atoms with Gasteiger partial charge in [0.15, 0.2) is 17.3 Å². The number of benzene rings is 2. The topological polar surface area (TPSA) is 87.0 Å². The predicted molar refractivity (Wildman–Crippen MR) is 77.2 cm³/mol. The number of aliphatic hydroxyl groups is 1. The Morgan fingerprint density at radius 3 is 2.62 bits per heavy atom. The standard InChI is InChI=1S/C16H16O5/c1-7-13-9(5-12(19)16(7)21-2)3-8-4-10(17)6-11(18)14(8)15(13)20/h3,5,10,17,19-20H,4,6H2,1-2H3. The van der Waals surface area contributed by atoms with Gasteiger partial charge in [0, 0.05) is 17.4 Å². The number of rotatable bonds is 1. The minimum Gasteiger partial charge on any atom is -0.507 e. The highest BCUT2D eigenvalue weighted by atomic mass is 16.5. The summed E-state index contributed by atoms with van der Waals surface area (Å²) in [5.74, 6) is -0.115. The molecule has 0 bridgehead atoms. The lowest BCUT2D eigenvalue weighted by molar-refractivity contribution is 0.0850. The normalized spacial score (nSPS) is 17.9. The molecule has 0 aromatic heterocycles. The van der Waals surface area contributed by atoms with Crippen LogP contribution in [-0.4, -0.2) is 34.3 Å². The second kappa shape index (κ2) is 4.63. The molecular formula is C16H16O5. The number of hydrogen-bond donors (Lipinski definition) is 3. The van der Waals surface area contributed by atoms with Gasteiger partial charge in [-0.2, -0.15) is 0 Å². The number of carbonyl (C=O) groups excluding carboxylic acids is 1. The molecule has 21 heavy (non-hydrogen) atoms. The number of Topliss-reactive ketones (excluding diaryl/α,β-unsaturated/α-hetero) is 1. The summed E-state index contributed by atoms with van der Waals surface area (Å²) in [7, 11) is 1.44. The third-order valence-corrected chi connectivity index (χ3v) is 4.01. The zero-order chi connectivity index (χ0) is 15.3. The van der Waals surface area contributed by atoms with Gasteiger partial charge in [0.05, 0.1) is 18.8 Å². The van der Waals surface area contributed by atoms with Gasteiger partial charge < -0.3 is 20.1 Å². The van der Waals surface area contributed by atoms with Crippen molar-refractivity contribution < 1.29 is 24.9 Å². The van der Waals surface area contributed by atoms with Crippen molar-refractivity contribution in [2.45, 2.75) is 25.9 Å². The molecule has 0 radical (unpaired) electrons. The van der Waals surface area contributed by atoms with E-state index in [1.807, 2.05) is 0 Å². The summed E-state index contributed by atoms with van der Waals surface area (Å²) in [4.78, 5) is 12.1. The van der Waals surface area contributed by atoms with Crippen LogP contribution in [0.2, 0.25) is 0 Å². The molecule has 3 rings (SSSR count). The minimum absolute atomic E-state index is 0.0142. The van der Waals surface area contributed by atoms with E-state index < -0.39 is 6.10 Å². The smallest absolute Gasteiger partial charge is 0.169 e. The third kappa shape index (κ3) is 1.93. The first kappa shape index (κ1) is 13.7. The number of phenolic OH excluding ortho intramolecular Hbond substituents is 2. The first-order chi connectivity index (χ1) is 9.93. The molecule has 0 saturated heterocycles.